The van der Waals surface area contributed by atoms with Gasteiger partial charge in [-0.15, -0.1) is 0 Å². The van der Waals surface area contributed by atoms with Gasteiger partial charge in [0.25, 0.3) is 0 Å². The van der Waals surface area contributed by atoms with E-state index < -0.39 is 0 Å². The Bertz CT molecular complexity index is 747. The van der Waals surface area contributed by atoms with Gasteiger partial charge in [-0.25, -0.2) is 9.97 Å². The first kappa shape index (κ1) is 17.6. The van der Waals surface area contributed by atoms with Crippen molar-refractivity contribution in [3.63, 3.8) is 0 Å². The number of aryl methyl sites for hydroxylation is 1. The molecule has 5 nitrogen and oxygen atoms in total. The number of piperidine rings is 1. The van der Waals surface area contributed by atoms with E-state index in [4.69, 9.17) is 16.3 Å². The third-order valence-corrected chi connectivity index (χ3v) is 5.52. The van der Waals surface area contributed by atoms with Crippen LogP contribution in [0.25, 0.3) is 0 Å². The molecule has 0 bridgehead atoms. The van der Waals surface area contributed by atoms with Gasteiger partial charge >= 0.3 is 0 Å². The molecule has 1 atom stereocenters. The van der Waals surface area contributed by atoms with Crippen LogP contribution in [0.4, 0.5) is 5.95 Å². The fourth-order valence-electron chi connectivity index (χ4n) is 3.94. The Kier molecular flexibility index (Phi) is 5.27. The number of nitrogens with zero attached hydrogens (tertiary/aromatic N) is 3. The lowest BCUT2D eigenvalue weighted by molar-refractivity contribution is 0.312. The van der Waals surface area contributed by atoms with Gasteiger partial charge < -0.3 is 15.0 Å². The minimum atomic E-state index is 0.300. The molecule has 1 saturated heterocycles. The van der Waals surface area contributed by atoms with E-state index in [2.05, 4.69) is 33.2 Å². The summed E-state index contributed by atoms with van der Waals surface area (Å²) in [4.78, 5) is 11.0. The molecule has 6 heteroatoms. The highest BCUT2D eigenvalue weighted by molar-refractivity contribution is 6.32. The van der Waals surface area contributed by atoms with Crippen LogP contribution in [0.3, 0.4) is 0 Å². The van der Waals surface area contributed by atoms with Crippen LogP contribution >= 0.6 is 11.6 Å². The highest BCUT2D eigenvalue weighted by Gasteiger charge is 2.27. The molecule has 2 aromatic rings. The minimum Gasteiger partial charge on any atom is -0.492 e. The second kappa shape index (κ2) is 7.80. The van der Waals surface area contributed by atoms with E-state index in [9.17, 15) is 0 Å². The van der Waals surface area contributed by atoms with E-state index in [1.807, 2.05) is 12.1 Å². The molecular weight excluding hydrogens is 348 g/mol. The molecule has 1 unspecified atom stereocenters. The zero-order valence-electron chi connectivity index (χ0n) is 15.1. The van der Waals surface area contributed by atoms with Crippen molar-refractivity contribution in [1.82, 2.24) is 15.3 Å². The standard InChI is InChI=1S/C20H25ClN4O/c1-14-12-16-18(4-2-11-26-19(16)17(21)13-14)24-15-5-9-25(10-6-15)20-22-7-3-8-23-20/h3,7-8,12-13,15,18,24H,2,4-6,9-11H2,1H3. The lowest BCUT2D eigenvalue weighted by Crippen LogP contribution is -2.44. The van der Waals surface area contributed by atoms with Crippen LogP contribution in [-0.4, -0.2) is 35.7 Å². The van der Waals surface area contributed by atoms with Crippen molar-refractivity contribution in [2.75, 3.05) is 24.6 Å². The third kappa shape index (κ3) is 3.79. The van der Waals surface area contributed by atoms with Gasteiger partial charge in [0.2, 0.25) is 5.95 Å². The number of anilines is 1. The summed E-state index contributed by atoms with van der Waals surface area (Å²) in [5.41, 5.74) is 2.39. The smallest absolute Gasteiger partial charge is 0.225 e. The van der Waals surface area contributed by atoms with Crippen LogP contribution < -0.4 is 15.0 Å². The van der Waals surface area contributed by atoms with Crippen LogP contribution in [0, 0.1) is 6.92 Å². The Morgan fingerprint density at radius 3 is 2.69 bits per heavy atom. The summed E-state index contributed by atoms with van der Waals surface area (Å²) >= 11 is 6.44. The molecule has 4 rings (SSSR count). The Morgan fingerprint density at radius 1 is 1.15 bits per heavy atom. The summed E-state index contributed by atoms with van der Waals surface area (Å²) in [6.07, 6.45) is 7.91. The molecule has 0 saturated carbocycles. The van der Waals surface area contributed by atoms with Crippen LogP contribution in [-0.2, 0) is 0 Å². The van der Waals surface area contributed by atoms with Crippen LogP contribution in [0.1, 0.15) is 42.9 Å². The maximum Gasteiger partial charge on any atom is 0.225 e. The Hall–Kier alpha value is -1.85. The minimum absolute atomic E-state index is 0.300. The summed E-state index contributed by atoms with van der Waals surface area (Å²) in [7, 11) is 0. The molecule has 0 aliphatic carbocycles. The first-order valence-electron chi connectivity index (χ1n) is 9.41. The average molecular weight is 373 g/mol. The highest BCUT2D eigenvalue weighted by atomic mass is 35.5. The second-order valence-corrected chi connectivity index (χ2v) is 7.59. The third-order valence-electron chi connectivity index (χ3n) is 5.24. The maximum absolute atomic E-state index is 6.44. The predicted octanol–water partition coefficient (Wildman–Crippen LogP) is 3.91. The number of hydrogen-bond acceptors (Lipinski definition) is 5. The predicted molar refractivity (Wildman–Crippen MR) is 104 cm³/mol. The topological polar surface area (TPSA) is 50.3 Å². The van der Waals surface area contributed by atoms with Gasteiger partial charge in [-0.1, -0.05) is 17.7 Å². The quantitative estimate of drug-likeness (QED) is 0.885. The van der Waals surface area contributed by atoms with Gasteiger partial charge in [0.05, 0.1) is 11.6 Å². The lowest BCUT2D eigenvalue weighted by Gasteiger charge is -2.34. The molecule has 0 radical (unpaired) electrons. The largest absolute Gasteiger partial charge is 0.492 e. The van der Waals surface area contributed by atoms with Crippen molar-refractivity contribution in [1.29, 1.82) is 0 Å². The van der Waals surface area contributed by atoms with Crippen molar-refractivity contribution in [2.45, 2.75) is 44.7 Å². The maximum atomic E-state index is 6.44. The first-order chi connectivity index (χ1) is 12.7. The van der Waals surface area contributed by atoms with Gasteiger partial charge in [-0.2, -0.15) is 0 Å². The number of nitrogens with one attached hydrogen (secondary N) is 1. The summed E-state index contributed by atoms with van der Waals surface area (Å²) < 4.78 is 5.93. The van der Waals surface area contributed by atoms with Gasteiger partial charge in [-0.3, -0.25) is 0 Å². The highest BCUT2D eigenvalue weighted by Crippen LogP contribution is 2.38. The molecule has 26 heavy (non-hydrogen) atoms. The van der Waals surface area contributed by atoms with Gasteiger partial charge in [-0.05, 0) is 50.3 Å². The number of hydrogen-bond donors (Lipinski definition) is 1. The number of ether oxygens (including phenoxy) is 1. The van der Waals surface area contributed by atoms with Crippen LogP contribution in [0.5, 0.6) is 5.75 Å². The fraction of sp³-hybridized carbons (Fsp3) is 0.500. The van der Waals surface area contributed by atoms with Crippen LogP contribution in [0.15, 0.2) is 30.6 Å². The van der Waals surface area contributed by atoms with Crippen LogP contribution in [0.2, 0.25) is 5.02 Å². The summed E-state index contributed by atoms with van der Waals surface area (Å²) in [5, 5.41) is 4.60. The van der Waals surface area contributed by atoms with E-state index in [0.717, 1.165) is 62.1 Å². The second-order valence-electron chi connectivity index (χ2n) is 7.19. The molecular formula is C20H25ClN4O. The zero-order valence-corrected chi connectivity index (χ0v) is 15.9. The van der Waals surface area contributed by atoms with E-state index in [1.54, 1.807) is 12.4 Å². The fourth-order valence-corrected chi connectivity index (χ4v) is 4.28. The normalized spacial score (nSPS) is 21.0. The van der Waals surface area contributed by atoms with E-state index in [1.165, 1.54) is 11.1 Å². The Morgan fingerprint density at radius 2 is 1.92 bits per heavy atom. The van der Waals surface area contributed by atoms with E-state index >= 15 is 0 Å². The monoisotopic (exact) mass is 372 g/mol. The molecule has 0 spiro atoms. The number of aromatic nitrogens is 2. The van der Waals surface area contributed by atoms with E-state index in [0.29, 0.717) is 12.1 Å². The van der Waals surface area contributed by atoms with Gasteiger partial charge in [0, 0.05) is 43.1 Å². The number of benzene rings is 1. The van der Waals surface area contributed by atoms with Gasteiger partial charge in [0.15, 0.2) is 0 Å². The molecule has 1 aromatic carbocycles. The molecule has 138 valence electrons. The summed E-state index contributed by atoms with van der Waals surface area (Å²) in [6, 6.07) is 6.86. The molecule has 0 amide bonds. The lowest BCUT2D eigenvalue weighted by atomic mass is 9.96. The molecule has 3 heterocycles. The summed E-state index contributed by atoms with van der Waals surface area (Å²) in [5.74, 6) is 1.70. The van der Waals surface area contributed by atoms with Gasteiger partial charge in [0.1, 0.15) is 5.75 Å². The zero-order chi connectivity index (χ0) is 17.9. The number of fused-ring (bicyclic) bond motifs is 1. The van der Waals surface area contributed by atoms with Crippen molar-refractivity contribution in [3.05, 3.63) is 46.7 Å². The van der Waals surface area contributed by atoms with Crippen molar-refractivity contribution < 1.29 is 4.74 Å². The van der Waals surface area contributed by atoms with Crippen molar-refractivity contribution in [3.8, 4) is 5.75 Å². The van der Waals surface area contributed by atoms with E-state index in [-0.39, 0.29) is 0 Å². The first-order valence-corrected chi connectivity index (χ1v) is 9.79. The molecule has 2 aliphatic heterocycles. The number of halogens is 1. The average Bonchev–Trinajstić information content (AvgIpc) is 2.86. The van der Waals surface area contributed by atoms with Crippen molar-refractivity contribution in [2.24, 2.45) is 0 Å². The summed E-state index contributed by atoms with van der Waals surface area (Å²) in [6.45, 7) is 4.78. The molecule has 1 N–H and O–H groups in total. The molecule has 2 aliphatic rings. The molecule has 1 fully saturated rings. The number of rotatable bonds is 3. The Balaban J connectivity index is 1.44. The SMILES string of the molecule is Cc1cc(Cl)c2c(c1)C(NC1CCN(c3ncccn3)CC1)CCCO2. The van der Waals surface area contributed by atoms with Crippen molar-refractivity contribution >= 4 is 17.5 Å². The Labute approximate surface area is 159 Å². The molecule has 1 aromatic heterocycles.